The molecule has 0 radical (unpaired) electrons. The van der Waals surface area contributed by atoms with E-state index in [9.17, 15) is 4.79 Å². The number of benzene rings is 2. The Morgan fingerprint density at radius 2 is 2.00 bits per heavy atom. The highest BCUT2D eigenvalue weighted by molar-refractivity contribution is 6.30. The van der Waals surface area contributed by atoms with E-state index in [0.29, 0.717) is 13.0 Å². The summed E-state index contributed by atoms with van der Waals surface area (Å²) in [6.07, 6.45) is 2.39. The lowest BCUT2D eigenvalue weighted by atomic mass is 10.0. The normalized spacial score (nSPS) is 15.7. The summed E-state index contributed by atoms with van der Waals surface area (Å²) < 4.78 is 5.89. The van der Waals surface area contributed by atoms with Gasteiger partial charge in [0, 0.05) is 35.4 Å². The van der Waals surface area contributed by atoms with E-state index in [1.165, 1.54) is 16.8 Å². The third-order valence-corrected chi connectivity index (χ3v) is 4.88. The second kappa shape index (κ2) is 6.36. The molecule has 0 spiro atoms. The fourth-order valence-corrected chi connectivity index (χ4v) is 3.58. The van der Waals surface area contributed by atoms with E-state index < -0.39 is 0 Å². The molecule has 24 heavy (non-hydrogen) atoms. The van der Waals surface area contributed by atoms with Crippen LogP contribution in [0.4, 0.5) is 11.4 Å². The molecule has 0 unspecified atom stereocenters. The molecule has 4 nitrogen and oxygen atoms in total. The zero-order valence-corrected chi connectivity index (χ0v) is 14.1. The molecule has 2 heterocycles. The number of aryl methyl sites for hydroxylation is 1. The van der Waals surface area contributed by atoms with Gasteiger partial charge in [0.25, 0.3) is 0 Å². The quantitative estimate of drug-likeness (QED) is 0.921. The topological polar surface area (TPSA) is 41.6 Å². The van der Waals surface area contributed by atoms with Gasteiger partial charge in [-0.3, -0.25) is 4.79 Å². The number of fused-ring (bicyclic) bond motifs is 2. The second-order valence-electron chi connectivity index (χ2n) is 6.23. The number of ether oxygens (including phenoxy) is 1. The van der Waals surface area contributed by atoms with Gasteiger partial charge in [0.15, 0.2) is 0 Å². The number of nitrogens with zero attached hydrogens (tertiary/aromatic N) is 1. The number of carbonyl (C=O) groups excluding carboxylic acids is 1. The van der Waals surface area contributed by atoms with Gasteiger partial charge in [-0.2, -0.15) is 0 Å². The summed E-state index contributed by atoms with van der Waals surface area (Å²) in [4.78, 5) is 13.8. The fraction of sp³-hybridized carbons (Fsp3) is 0.316. The summed E-state index contributed by atoms with van der Waals surface area (Å²) in [5, 5.41) is 3.70. The molecule has 0 aliphatic carbocycles. The first-order valence-corrected chi connectivity index (χ1v) is 8.66. The minimum absolute atomic E-state index is 0.0759. The Balaban J connectivity index is 1.37. The molecule has 0 fully saturated rings. The maximum Gasteiger partial charge on any atom is 0.224 e. The van der Waals surface area contributed by atoms with Gasteiger partial charge in [-0.25, -0.2) is 0 Å². The van der Waals surface area contributed by atoms with Gasteiger partial charge in [-0.15, -0.1) is 0 Å². The van der Waals surface area contributed by atoms with Crippen molar-refractivity contribution in [3.8, 4) is 5.75 Å². The van der Waals surface area contributed by atoms with Crippen molar-refractivity contribution in [2.45, 2.75) is 19.3 Å². The average molecular weight is 343 g/mol. The Kier molecular flexibility index (Phi) is 4.07. The maximum atomic E-state index is 11.5. The average Bonchev–Trinajstić information content (AvgIpc) is 2.96. The number of carbonyl (C=O) groups is 1. The SMILES string of the molecule is O=C1CCc2ccc(OCCN3CCc4cc(Cl)ccc43)cc2N1. The predicted molar refractivity (Wildman–Crippen MR) is 96.3 cm³/mol. The zero-order chi connectivity index (χ0) is 16.5. The molecule has 1 amide bonds. The van der Waals surface area contributed by atoms with Crippen molar-refractivity contribution in [2.24, 2.45) is 0 Å². The van der Waals surface area contributed by atoms with E-state index >= 15 is 0 Å². The van der Waals surface area contributed by atoms with Crippen molar-refractivity contribution < 1.29 is 9.53 Å². The van der Waals surface area contributed by atoms with Gasteiger partial charge >= 0.3 is 0 Å². The maximum absolute atomic E-state index is 11.5. The van der Waals surface area contributed by atoms with E-state index in [1.807, 2.05) is 30.3 Å². The van der Waals surface area contributed by atoms with Crippen LogP contribution in [0.15, 0.2) is 36.4 Å². The molecule has 1 N–H and O–H groups in total. The van der Waals surface area contributed by atoms with Crippen molar-refractivity contribution in [3.63, 3.8) is 0 Å². The van der Waals surface area contributed by atoms with E-state index in [-0.39, 0.29) is 5.91 Å². The molecule has 2 aromatic rings. The molecule has 0 saturated carbocycles. The van der Waals surface area contributed by atoms with Gasteiger partial charge in [0.2, 0.25) is 5.91 Å². The molecule has 0 aromatic heterocycles. The number of hydrogen-bond acceptors (Lipinski definition) is 3. The minimum Gasteiger partial charge on any atom is -0.492 e. The second-order valence-corrected chi connectivity index (χ2v) is 6.66. The minimum atomic E-state index is 0.0759. The van der Waals surface area contributed by atoms with Gasteiger partial charge < -0.3 is 15.0 Å². The number of anilines is 2. The van der Waals surface area contributed by atoms with Crippen LogP contribution in [0.1, 0.15) is 17.5 Å². The van der Waals surface area contributed by atoms with Gasteiger partial charge in [0.1, 0.15) is 12.4 Å². The molecule has 124 valence electrons. The summed E-state index contributed by atoms with van der Waals surface area (Å²) in [7, 11) is 0. The van der Waals surface area contributed by atoms with E-state index in [0.717, 1.165) is 42.4 Å². The fourth-order valence-electron chi connectivity index (χ4n) is 3.39. The number of hydrogen-bond donors (Lipinski definition) is 1. The lowest BCUT2D eigenvalue weighted by Gasteiger charge is -2.21. The van der Waals surface area contributed by atoms with Gasteiger partial charge in [0.05, 0.1) is 6.54 Å². The lowest BCUT2D eigenvalue weighted by molar-refractivity contribution is -0.116. The Hall–Kier alpha value is -2.20. The molecule has 5 heteroatoms. The Morgan fingerprint density at radius 3 is 2.92 bits per heavy atom. The third kappa shape index (κ3) is 3.06. The van der Waals surface area contributed by atoms with Crippen LogP contribution in [0.2, 0.25) is 5.02 Å². The van der Waals surface area contributed by atoms with E-state index in [4.69, 9.17) is 16.3 Å². The van der Waals surface area contributed by atoms with Crippen LogP contribution in [0.5, 0.6) is 5.75 Å². The van der Waals surface area contributed by atoms with Crippen molar-refractivity contribution in [2.75, 3.05) is 29.9 Å². The monoisotopic (exact) mass is 342 g/mol. The molecule has 0 bridgehead atoms. The first-order valence-electron chi connectivity index (χ1n) is 8.28. The number of amides is 1. The van der Waals surface area contributed by atoms with Gasteiger partial charge in [-0.1, -0.05) is 17.7 Å². The summed E-state index contributed by atoms with van der Waals surface area (Å²) in [6, 6.07) is 12.0. The van der Waals surface area contributed by atoms with Crippen LogP contribution < -0.4 is 15.0 Å². The first kappa shape index (κ1) is 15.3. The molecule has 2 aliphatic rings. The van der Waals surface area contributed by atoms with Crippen LogP contribution >= 0.6 is 11.6 Å². The molecule has 4 rings (SSSR count). The highest BCUT2D eigenvalue weighted by atomic mass is 35.5. The molecule has 0 atom stereocenters. The van der Waals surface area contributed by atoms with Crippen molar-refractivity contribution in [1.29, 1.82) is 0 Å². The van der Waals surface area contributed by atoms with Crippen molar-refractivity contribution >= 4 is 28.9 Å². The Morgan fingerprint density at radius 1 is 1.08 bits per heavy atom. The lowest BCUT2D eigenvalue weighted by Crippen LogP contribution is -2.26. The van der Waals surface area contributed by atoms with E-state index in [1.54, 1.807) is 0 Å². The number of nitrogens with one attached hydrogen (secondary N) is 1. The van der Waals surface area contributed by atoms with Gasteiger partial charge in [-0.05, 0) is 48.2 Å². The molecule has 2 aromatic carbocycles. The zero-order valence-electron chi connectivity index (χ0n) is 13.3. The summed E-state index contributed by atoms with van der Waals surface area (Å²) in [6.45, 7) is 2.44. The molecular weight excluding hydrogens is 324 g/mol. The summed E-state index contributed by atoms with van der Waals surface area (Å²) in [5.74, 6) is 0.874. The molecule has 2 aliphatic heterocycles. The van der Waals surface area contributed by atoms with Crippen molar-refractivity contribution in [3.05, 3.63) is 52.5 Å². The predicted octanol–water partition coefficient (Wildman–Crippen LogP) is 3.67. The van der Waals surface area contributed by atoms with E-state index in [2.05, 4.69) is 16.3 Å². The summed E-state index contributed by atoms with van der Waals surface area (Å²) in [5.41, 5.74) is 4.61. The van der Waals surface area contributed by atoms with Crippen LogP contribution in [-0.4, -0.2) is 25.6 Å². The third-order valence-electron chi connectivity index (χ3n) is 4.64. The molecule has 0 saturated heterocycles. The summed E-state index contributed by atoms with van der Waals surface area (Å²) >= 11 is 6.05. The molecular formula is C19H19ClN2O2. The van der Waals surface area contributed by atoms with Crippen LogP contribution in [0, 0.1) is 0 Å². The largest absolute Gasteiger partial charge is 0.492 e. The van der Waals surface area contributed by atoms with Crippen LogP contribution in [-0.2, 0) is 17.6 Å². The number of halogens is 1. The highest BCUT2D eigenvalue weighted by Gasteiger charge is 2.19. The smallest absolute Gasteiger partial charge is 0.224 e. The van der Waals surface area contributed by atoms with Crippen LogP contribution in [0.3, 0.4) is 0 Å². The Bertz CT molecular complexity index is 791. The first-order chi connectivity index (χ1) is 11.7. The van der Waals surface area contributed by atoms with Crippen LogP contribution in [0.25, 0.3) is 0 Å². The van der Waals surface area contributed by atoms with Crippen molar-refractivity contribution in [1.82, 2.24) is 0 Å². The standard InChI is InChI=1S/C19H19ClN2O2/c20-15-3-5-18-14(11-15)7-8-22(18)9-10-24-16-4-1-13-2-6-19(23)21-17(13)12-16/h1,3-5,11-12H,2,6-10H2,(H,21,23). The highest BCUT2D eigenvalue weighted by Crippen LogP contribution is 2.30. The Labute approximate surface area is 146 Å². The number of rotatable bonds is 4.